The number of aliphatic hydroxyl groups is 3. The van der Waals surface area contributed by atoms with Crippen LogP contribution in [0.25, 0.3) is 5.70 Å². The van der Waals surface area contributed by atoms with Gasteiger partial charge in [0.2, 0.25) is 0 Å². The number of ether oxygens (including phenoxy) is 1. The van der Waals surface area contributed by atoms with Crippen LogP contribution < -0.4 is 21.5 Å². The summed E-state index contributed by atoms with van der Waals surface area (Å²) in [5.74, 6) is 3.58. The predicted octanol–water partition coefficient (Wildman–Crippen LogP) is -1.41. The fourth-order valence-electron chi connectivity index (χ4n) is 2.92. The second-order valence-corrected chi connectivity index (χ2v) is 8.84. The molecule has 3 unspecified atom stereocenters. The first kappa shape index (κ1) is 23.5. The number of thioether (sulfide) groups is 1. The summed E-state index contributed by atoms with van der Waals surface area (Å²) in [6, 6.07) is 2.52. The Kier molecular flexibility index (Phi) is 7.92. The minimum Gasteiger partial charge on any atom is -0.394 e. The lowest BCUT2D eigenvalue weighted by Crippen LogP contribution is -2.64. The molecule has 0 amide bonds. The molecule has 2 aromatic heterocycles. The molecule has 11 nitrogen and oxygen atoms in total. The number of aliphatic hydroxyl groups excluding tert-OH is 3. The maximum Gasteiger partial charge on any atom is 0.304 e. The number of nitrogens with zero attached hydrogens (tertiary/aromatic N) is 2. The normalized spacial score (nSPS) is 26.3. The number of aromatic amines is 1. The summed E-state index contributed by atoms with van der Waals surface area (Å²) >= 11 is 7.95. The van der Waals surface area contributed by atoms with Crippen LogP contribution in [0.15, 0.2) is 33.5 Å². The Morgan fingerprint density at radius 1 is 1.52 bits per heavy atom. The van der Waals surface area contributed by atoms with Crippen LogP contribution >= 0.6 is 34.7 Å². The van der Waals surface area contributed by atoms with Gasteiger partial charge in [-0.25, -0.2) is 10.4 Å². The van der Waals surface area contributed by atoms with Crippen molar-refractivity contribution in [2.75, 3.05) is 6.61 Å². The van der Waals surface area contributed by atoms with E-state index in [2.05, 4.69) is 26.6 Å². The summed E-state index contributed by atoms with van der Waals surface area (Å²) in [6.45, 7) is -0.496. The van der Waals surface area contributed by atoms with E-state index in [0.29, 0.717) is 21.3 Å². The molecule has 0 spiro atoms. The van der Waals surface area contributed by atoms with E-state index in [4.69, 9.17) is 16.3 Å². The molecule has 3 rings (SSSR count). The van der Waals surface area contributed by atoms with E-state index < -0.39 is 36.4 Å². The minimum atomic E-state index is -1.26. The number of nitriles is 1. The molecule has 0 radical (unpaired) electrons. The Labute approximate surface area is 189 Å². The number of aromatic nitrogens is 2. The Morgan fingerprint density at radius 2 is 2.29 bits per heavy atom. The van der Waals surface area contributed by atoms with Gasteiger partial charge in [0.1, 0.15) is 35.5 Å². The number of halogens is 1. The van der Waals surface area contributed by atoms with Gasteiger partial charge in [-0.2, -0.15) is 5.26 Å². The van der Waals surface area contributed by atoms with Crippen molar-refractivity contribution >= 4 is 40.4 Å². The highest BCUT2D eigenvalue weighted by Crippen LogP contribution is 2.35. The van der Waals surface area contributed by atoms with Gasteiger partial charge in [-0.3, -0.25) is 10.6 Å². The van der Waals surface area contributed by atoms with Gasteiger partial charge in [0, 0.05) is 22.7 Å². The maximum absolute atomic E-state index is 11.4. The largest absolute Gasteiger partial charge is 0.394 e. The van der Waals surface area contributed by atoms with Gasteiger partial charge in [0.15, 0.2) is 5.69 Å². The van der Waals surface area contributed by atoms with Crippen molar-refractivity contribution in [3.63, 3.8) is 0 Å². The highest BCUT2D eigenvalue weighted by atomic mass is 35.5. The predicted molar refractivity (Wildman–Crippen MR) is 113 cm³/mol. The molecule has 3 heterocycles. The smallest absolute Gasteiger partial charge is 0.304 e. The molecule has 9 N–H and O–H groups in total. The highest BCUT2D eigenvalue weighted by Gasteiger charge is 2.44. The Hall–Kier alpha value is -2.15. The van der Waals surface area contributed by atoms with Crippen molar-refractivity contribution in [1.29, 1.82) is 5.26 Å². The van der Waals surface area contributed by atoms with Crippen LogP contribution in [-0.4, -0.2) is 61.7 Å². The summed E-state index contributed by atoms with van der Waals surface area (Å²) in [5, 5.41) is 45.1. The number of pyridine rings is 1. The molecule has 2 aromatic rings. The van der Waals surface area contributed by atoms with Crippen LogP contribution in [0.4, 0.5) is 0 Å². The van der Waals surface area contributed by atoms with Crippen molar-refractivity contribution in [3.05, 3.63) is 49.9 Å². The Morgan fingerprint density at radius 3 is 2.90 bits per heavy atom. The van der Waals surface area contributed by atoms with E-state index in [9.17, 15) is 25.4 Å². The number of thiazole rings is 1. The summed E-state index contributed by atoms with van der Waals surface area (Å²) in [7, 11) is 0. The molecule has 31 heavy (non-hydrogen) atoms. The third kappa shape index (κ3) is 5.37. The molecule has 166 valence electrons. The lowest BCUT2D eigenvalue weighted by molar-refractivity contribution is -0.423. The summed E-state index contributed by atoms with van der Waals surface area (Å²) < 4.78 is 5.65. The van der Waals surface area contributed by atoms with Gasteiger partial charge < -0.3 is 30.4 Å². The number of quaternary nitrogens is 1. The van der Waals surface area contributed by atoms with Crippen LogP contribution in [0.2, 0.25) is 5.02 Å². The molecule has 0 aliphatic carbocycles. The SMILES string of the molecule is N#Cc1ncc(Cl)cc1S[C@H]1OC(CO)[C@H](O)C(N/C=C(\N[NH3+])c2csc(=O)[nH]2)C1O. The third-order valence-electron chi connectivity index (χ3n) is 4.47. The molecule has 5 atom stereocenters. The second-order valence-electron chi connectivity index (χ2n) is 6.43. The monoisotopic (exact) mass is 487 g/mol. The second kappa shape index (κ2) is 10.4. The molecule has 0 saturated carbocycles. The van der Waals surface area contributed by atoms with Gasteiger partial charge in [-0.1, -0.05) is 34.7 Å². The van der Waals surface area contributed by atoms with Crippen molar-refractivity contribution in [1.82, 2.24) is 20.7 Å². The zero-order valence-electron chi connectivity index (χ0n) is 15.9. The molecule has 0 bridgehead atoms. The van der Waals surface area contributed by atoms with Crippen LogP contribution in [0.5, 0.6) is 0 Å². The molecule has 1 saturated heterocycles. The fraction of sp³-hybridized carbons (Fsp3) is 0.353. The van der Waals surface area contributed by atoms with E-state index >= 15 is 0 Å². The summed E-state index contributed by atoms with van der Waals surface area (Å²) in [4.78, 5) is 18.1. The number of nitrogens with one attached hydrogen (secondary N) is 3. The van der Waals surface area contributed by atoms with Gasteiger partial charge in [-0.15, -0.1) is 0 Å². The standard InChI is InChI=1S/C17H19ClN6O5S2/c18-7-1-12(8(2-19)21-3-7)31-16-15(27)13(14(26)11(5-25)29-16)22-4-9(24-20)10-6-30-17(28)23-10/h1,3-4,6,11,13-16,22,24-27H,5,20H2,(H,23,28)/p+1/b9-4-/t11?,13?,14-,15?,16+/m0/s1. The van der Waals surface area contributed by atoms with Gasteiger partial charge in [0.05, 0.1) is 23.4 Å². The van der Waals surface area contributed by atoms with E-state index in [1.807, 2.05) is 6.07 Å². The first-order valence-corrected chi connectivity index (χ1v) is 11.0. The van der Waals surface area contributed by atoms with Crippen molar-refractivity contribution in [2.45, 2.75) is 34.7 Å². The average molecular weight is 488 g/mol. The molecule has 0 aromatic carbocycles. The van der Waals surface area contributed by atoms with E-state index in [0.717, 1.165) is 23.1 Å². The highest BCUT2D eigenvalue weighted by molar-refractivity contribution is 7.99. The lowest BCUT2D eigenvalue weighted by Gasteiger charge is -2.42. The van der Waals surface area contributed by atoms with E-state index in [1.54, 1.807) is 5.38 Å². The third-order valence-corrected chi connectivity index (χ3v) is 6.54. The average Bonchev–Trinajstić information content (AvgIpc) is 3.18. The topological polar surface area (TPSA) is 191 Å². The molecular formula is C17H20ClN6O5S2+. The molecule has 1 aliphatic rings. The molecule has 14 heteroatoms. The lowest BCUT2D eigenvalue weighted by atomic mass is 9.97. The van der Waals surface area contributed by atoms with Crippen molar-refractivity contribution in [3.8, 4) is 6.07 Å². The molecular weight excluding hydrogens is 468 g/mol. The molecule has 1 fully saturated rings. The summed E-state index contributed by atoms with van der Waals surface area (Å²) in [5.41, 5.74) is 2.72. The van der Waals surface area contributed by atoms with Crippen molar-refractivity contribution < 1.29 is 25.9 Å². The number of H-pyrrole nitrogens is 1. The van der Waals surface area contributed by atoms with Crippen LogP contribution in [0.1, 0.15) is 11.4 Å². The Bertz CT molecular complexity index is 1040. The van der Waals surface area contributed by atoms with E-state index in [1.165, 1.54) is 18.5 Å². The number of hydrogen-bond donors (Lipinski definition) is 7. The van der Waals surface area contributed by atoms with Crippen molar-refractivity contribution in [2.24, 2.45) is 0 Å². The van der Waals surface area contributed by atoms with E-state index in [-0.39, 0.29) is 10.6 Å². The van der Waals surface area contributed by atoms with Crippen LogP contribution in [-0.2, 0) is 4.74 Å². The van der Waals surface area contributed by atoms with Crippen LogP contribution in [0, 0.1) is 11.3 Å². The number of hydrogen-bond acceptors (Lipinski definition) is 11. The van der Waals surface area contributed by atoms with Crippen LogP contribution in [0.3, 0.4) is 0 Å². The molecule has 1 aliphatic heterocycles. The summed E-state index contributed by atoms with van der Waals surface area (Å²) in [6.07, 6.45) is -0.724. The maximum atomic E-state index is 11.4. The first-order chi connectivity index (χ1) is 14.9. The zero-order chi connectivity index (χ0) is 22.5. The van der Waals surface area contributed by atoms with Gasteiger partial charge in [0.25, 0.3) is 0 Å². The quantitative estimate of drug-likeness (QED) is 0.228. The zero-order valence-corrected chi connectivity index (χ0v) is 18.2. The first-order valence-electron chi connectivity index (χ1n) is 8.90. The Balaban J connectivity index is 1.84. The fourth-order valence-corrected chi connectivity index (χ4v) is 4.88. The minimum absolute atomic E-state index is 0.103. The van der Waals surface area contributed by atoms with Gasteiger partial charge in [-0.05, 0) is 6.07 Å². The number of rotatable bonds is 7. The van der Waals surface area contributed by atoms with Gasteiger partial charge >= 0.3 is 4.87 Å².